The van der Waals surface area contributed by atoms with Crippen molar-refractivity contribution in [3.63, 3.8) is 0 Å². The van der Waals surface area contributed by atoms with E-state index in [2.05, 4.69) is 65.0 Å². The van der Waals surface area contributed by atoms with Gasteiger partial charge >= 0.3 is 21.7 Å². The van der Waals surface area contributed by atoms with Crippen molar-refractivity contribution >= 4 is 30.4 Å². The quantitative estimate of drug-likeness (QED) is 0.368. The number of nitrogens with one attached hydrogen (secondary N) is 1. The van der Waals surface area contributed by atoms with Crippen LogP contribution in [0.5, 0.6) is 0 Å². The second-order valence-corrected chi connectivity index (χ2v) is 5.84. The maximum atomic E-state index is 6.60. The van der Waals surface area contributed by atoms with Gasteiger partial charge in [-0.2, -0.15) is 24.1 Å². The van der Waals surface area contributed by atoms with Crippen LogP contribution < -0.4 is 0 Å². The molecular formula is C20H31Cl2NTi. The number of hydrogen-bond donors (Lipinski definition) is 0. The predicted octanol–water partition coefficient (Wildman–Crippen LogP) is 7.45. The fourth-order valence-electron chi connectivity index (χ4n) is 2.47. The normalized spacial score (nSPS) is 12.0. The molecule has 24 heavy (non-hydrogen) atoms. The molecule has 134 valence electrons. The molecule has 1 N–H and O–H groups in total. The van der Waals surface area contributed by atoms with Crippen molar-refractivity contribution in [1.82, 2.24) is 0 Å². The molecule has 0 bridgehead atoms. The van der Waals surface area contributed by atoms with Crippen LogP contribution in [-0.2, 0) is 21.7 Å². The molecule has 0 atom stereocenters. The van der Waals surface area contributed by atoms with E-state index in [1.807, 2.05) is 0 Å². The zero-order valence-electron chi connectivity index (χ0n) is 15.5. The van der Waals surface area contributed by atoms with E-state index in [4.69, 9.17) is 5.73 Å². The van der Waals surface area contributed by atoms with E-state index in [-0.39, 0.29) is 46.5 Å². The number of unbranched alkanes of at least 4 members (excludes halogenated alkanes) is 1. The molecule has 4 heteroatoms. The van der Waals surface area contributed by atoms with Gasteiger partial charge in [-0.05, 0) is 20.3 Å². The largest absolute Gasteiger partial charge is 2.00 e. The average molecular weight is 404 g/mol. The van der Waals surface area contributed by atoms with Crippen molar-refractivity contribution < 1.29 is 21.7 Å². The number of allylic oxidation sites excluding steroid dienone is 4. The third-order valence-electron chi connectivity index (χ3n) is 3.98. The Balaban J connectivity index is -0.000000490. The van der Waals surface area contributed by atoms with Gasteiger partial charge < -0.3 is 5.73 Å². The Bertz CT molecular complexity index is 520. The summed E-state index contributed by atoms with van der Waals surface area (Å²) < 4.78 is 0. The summed E-state index contributed by atoms with van der Waals surface area (Å²) in [7, 11) is 0. The molecular weight excluding hydrogens is 373 g/mol. The van der Waals surface area contributed by atoms with Crippen LogP contribution in [0.2, 0.25) is 0 Å². The fraction of sp³-hybridized carbons (Fsp3) is 0.450. The Morgan fingerprint density at radius 1 is 1.08 bits per heavy atom. The van der Waals surface area contributed by atoms with Gasteiger partial charge in [-0.15, -0.1) is 42.5 Å². The first-order valence-corrected chi connectivity index (χ1v) is 7.94. The van der Waals surface area contributed by atoms with E-state index >= 15 is 0 Å². The van der Waals surface area contributed by atoms with Crippen LogP contribution in [-0.4, -0.2) is 6.54 Å². The second-order valence-electron chi connectivity index (χ2n) is 5.84. The van der Waals surface area contributed by atoms with Crippen LogP contribution in [0.1, 0.15) is 65.0 Å². The van der Waals surface area contributed by atoms with E-state index in [0.29, 0.717) is 6.54 Å². The predicted molar refractivity (Wildman–Crippen MR) is 110 cm³/mol. The second kappa shape index (κ2) is 15.1. The molecule has 1 aliphatic rings. The molecule has 0 heterocycles. The molecule has 0 aliphatic heterocycles. The summed E-state index contributed by atoms with van der Waals surface area (Å²) in [6, 6.07) is 8.72. The van der Waals surface area contributed by atoms with Crippen LogP contribution in [0.3, 0.4) is 0 Å². The van der Waals surface area contributed by atoms with Gasteiger partial charge in [-0.1, -0.05) is 62.5 Å². The smallest absolute Gasteiger partial charge is 0.677 e. The van der Waals surface area contributed by atoms with E-state index in [1.54, 1.807) is 0 Å². The Hall–Kier alpha value is -0.176. The maximum absolute atomic E-state index is 6.60. The van der Waals surface area contributed by atoms with Gasteiger partial charge in [-0.25, -0.2) is 0 Å². The minimum atomic E-state index is 0. The number of benzene rings is 1. The molecule has 1 aliphatic carbocycles. The van der Waals surface area contributed by atoms with Crippen LogP contribution in [0.4, 0.5) is 0 Å². The molecule has 0 saturated carbocycles. The first-order valence-electron chi connectivity index (χ1n) is 7.94. The van der Waals surface area contributed by atoms with Gasteiger partial charge in [0.15, 0.2) is 0 Å². The summed E-state index contributed by atoms with van der Waals surface area (Å²) in [5, 5.41) is 0. The van der Waals surface area contributed by atoms with Crippen LogP contribution in [0.25, 0.3) is 11.3 Å². The number of halogens is 2. The van der Waals surface area contributed by atoms with Crippen molar-refractivity contribution in [3.8, 4) is 0 Å². The third-order valence-corrected chi connectivity index (χ3v) is 3.98. The summed E-state index contributed by atoms with van der Waals surface area (Å²) in [4.78, 5) is 0. The molecule has 0 aromatic heterocycles. The van der Waals surface area contributed by atoms with Gasteiger partial charge in [-0.3, -0.25) is 0 Å². The molecule has 0 spiro atoms. The molecule has 0 unspecified atom stereocenters. The fourth-order valence-corrected chi connectivity index (χ4v) is 2.47. The molecule has 0 radical (unpaired) electrons. The Morgan fingerprint density at radius 2 is 1.67 bits per heavy atom. The van der Waals surface area contributed by atoms with E-state index in [1.165, 1.54) is 33.8 Å². The van der Waals surface area contributed by atoms with Gasteiger partial charge in [0.25, 0.3) is 0 Å². The van der Waals surface area contributed by atoms with Crippen molar-refractivity contribution in [2.24, 2.45) is 0 Å². The van der Waals surface area contributed by atoms with Crippen LogP contribution >= 0.6 is 24.8 Å². The first-order chi connectivity index (χ1) is 10.0. The first kappa shape index (κ1) is 28.6. The SMILES string of the molecule is CC1=CCC(c2ccccc2[C-](C)C)=C1C.CCCC[NH-].Cl.Cl.[Ti+2]. The van der Waals surface area contributed by atoms with Gasteiger partial charge in [0, 0.05) is 0 Å². The van der Waals surface area contributed by atoms with E-state index in [9.17, 15) is 0 Å². The van der Waals surface area contributed by atoms with E-state index in [0.717, 1.165) is 19.3 Å². The zero-order chi connectivity index (χ0) is 15.8. The summed E-state index contributed by atoms with van der Waals surface area (Å²) in [6.07, 6.45) is 5.62. The number of rotatable bonds is 4. The van der Waals surface area contributed by atoms with Gasteiger partial charge in [0.05, 0.1) is 0 Å². The monoisotopic (exact) mass is 403 g/mol. The van der Waals surface area contributed by atoms with Gasteiger partial charge in [0.1, 0.15) is 0 Å². The summed E-state index contributed by atoms with van der Waals surface area (Å²) >= 11 is 0. The Morgan fingerprint density at radius 3 is 2.04 bits per heavy atom. The molecule has 2 rings (SSSR count). The molecule has 0 amide bonds. The summed E-state index contributed by atoms with van der Waals surface area (Å²) in [6.45, 7) is 11.5. The molecule has 0 saturated heterocycles. The molecule has 1 aromatic carbocycles. The average Bonchev–Trinajstić information content (AvgIpc) is 2.80. The zero-order valence-corrected chi connectivity index (χ0v) is 18.7. The summed E-state index contributed by atoms with van der Waals surface area (Å²) in [5.41, 5.74) is 13.8. The maximum Gasteiger partial charge on any atom is 2.00 e. The van der Waals surface area contributed by atoms with Crippen LogP contribution in [0, 0.1) is 5.92 Å². The van der Waals surface area contributed by atoms with Crippen LogP contribution in [0.15, 0.2) is 41.5 Å². The van der Waals surface area contributed by atoms with Crippen molar-refractivity contribution in [1.29, 1.82) is 0 Å². The Labute approximate surface area is 176 Å². The topological polar surface area (TPSA) is 23.8 Å². The molecule has 0 fully saturated rings. The minimum absolute atomic E-state index is 0. The van der Waals surface area contributed by atoms with Gasteiger partial charge in [0.2, 0.25) is 0 Å². The van der Waals surface area contributed by atoms with E-state index < -0.39 is 0 Å². The summed E-state index contributed by atoms with van der Waals surface area (Å²) in [5.74, 6) is 1.39. The number of hydrogen-bond acceptors (Lipinski definition) is 0. The minimum Gasteiger partial charge on any atom is -0.677 e. The molecule has 1 nitrogen and oxygen atoms in total. The third kappa shape index (κ3) is 8.27. The van der Waals surface area contributed by atoms with Crippen molar-refractivity contribution in [3.05, 3.63) is 64.3 Å². The van der Waals surface area contributed by atoms with Crippen molar-refractivity contribution in [2.45, 2.75) is 53.9 Å². The molecule has 1 aromatic rings. The standard InChI is InChI=1S/C16H19.C4H10N.2ClH.Ti/c1-11(2)14-7-5-6-8-16(14)15-10-9-12(3)13(15)4;1-2-3-4-5;;;/h5-9H,10H2,1-4H3;5H,2-4H2,1H3;2*1H;/q2*-1;;;+2. The Kier molecular flexibility index (Phi) is 18.0. The van der Waals surface area contributed by atoms with Crippen molar-refractivity contribution in [2.75, 3.05) is 6.54 Å².